The summed E-state index contributed by atoms with van der Waals surface area (Å²) < 4.78 is 13.5. The van der Waals surface area contributed by atoms with Crippen LogP contribution in [-0.4, -0.2) is 33.4 Å². The molecule has 2 aromatic rings. The fourth-order valence-corrected chi connectivity index (χ4v) is 2.00. The molecule has 1 aliphatic rings. The molecule has 7 heteroatoms. The fourth-order valence-electron chi connectivity index (χ4n) is 2.00. The molecule has 0 saturated carbocycles. The summed E-state index contributed by atoms with van der Waals surface area (Å²) in [5.74, 6) is -1.03. The number of hydrogen-bond donors (Lipinski definition) is 0. The molecule has 0 atom stereocenters. The Bertz CT molecular complexity index is 667. The Hall–Kier alpha value is -2.57. The molecule has 1 aromatic heterocycles. The van der Waals surface area contributed by atoms with E-state index in [4.69, 9.17) is 0 Å². The predicted molar refractivity (Wildman–Crippen MR) is 63.9 cm³/mol. The van der Waals surface area contributed by atoms with Gasteiger partial charge in [-0.2, -0.15) is 0 Å². The highest BCUT2D eigenvalue weighted by Gasteiger charge is 2.37. The number of carbonyl (C=O) groups is 2. The van der Waals surface area contributed by atoms with E-state index in [0.29, 0.717) is 11.3 Å². The highest BCUT2D eigenvalue weighted by molar-refractivity contribution is 6.53. The van der Waals surface area contributed by atoms with Crippen LogP contribution >= 0.6 is 0 Å². The molecule has 0 spiro atoms. The number of amides is 1. The minimum absolute atomic E-state index is 0.0601. The summed E-state index contributed by atoms with van der Waals surface area (Å²) >= 11 is 0. The minimum atomic E-state index is -0.673. The third-order valence-electron chi connectivity index (χ3n) is 2.86. The average Bonchev–Trinajstić information content (AvgIpc) is 2.96. The SMILES string of the molecule is O=C1C(=O)N(c2cn(CCF)nn2)c2ccccc21. The number of carbonyl (C=O) groups excluding carboxylic acids is 2. The van der Waals surface area contributed by atoms with E-state index >= 15 is 0 Å². The number of alkyl halides is 1. The number of anilines is 2. The van der Waals surface area contributed by atoms with Crippen molar-refractivity contribution in [2.24, 2.45) is 0 Å². The summed E-state index contributed by atoms with van der Waals surface area (Å²) in [7, 11) is 0. The summed E-state index contributed by atoms with van der Waals surface area (Å²) in [6.45, 7) is -0.517. The molecule has 0 fully saturated rings. The molecule has 0 unspecified atom stereocenters. The number of nitrogens with zero attached hydrogens (tertiary/aromatic N) is 4. The summed E-state index contributed by atoms with van der Waals surface area (Å²) in [5.41, 5.74) is 0.817. The number of rotatable bonds is 3. The second-order valence-corrected chi connectivity index (χ2v) is 4.02. The van der Waals surface area contributed by atoms with Gasteiger partial charge in [-0.05, 0) is 12.1 Å². The van der Waals surface area contributed by atoms with E-state index in [0.717, 1.165) is 0 Å². The Balaban J connectivity index is 2.05. The molecule has 2 heterocycles. The molecular formula is C12H9FN4O2. The van der Waals surface area contributed by atoms with E-state index < -0.39 is 18.4 Å². The largest absolute Gasteiger partial charge is 0.305 e. The zero-order valence-corrected chi connectivity index (χ0v) is 9.78. The van der Waals surface area contributed by atoms with Crippen LogP contribution in [0.3, 0.4) is 0 Å². The first-order chi connectivity index (χ1) is 9.22. The molecular weight excluding hydrogens is 251 g/mol. The smallest absolute Gasteiger partial charge is 0.283 e. The maximum atomic E-state index is 12.2. The van der Waals surface area contributed by atoms with Gasteiger partial charge in [0, 0.05) is 0 Å². The Kier molecular flexibility index (Phi) is 2.59. The highest BCUT2D eigenvalue weighted by atomic mass is 19.1. The van der Waals surface area contributed by atoms with Gasteiger partial charge >= 0.3 is 5.91 Å². The van der Waals surface area contributed by atoms with Gasteiger partial charge in [0.1, 0.15) is 6.67 Å². The first-order valence-electron chi connectivity index (χ1n) is 5.66. The number of aromatic nitrogens is 3. The maximum Gasteiger partial charge on any atom is 0.305 e. The minimum Gasteiger partial charge on any atom is -0.283 e. The van der Waals surface area contributed by atoms with Gasteiger partial charge in [-0.25, -0.2) is 9.07 Å². The van der Waals surface area contributed by atoms with Crippen molar-refractivity contribution in [3.8, 4) is 0 Å². The topological polar surface area (TPSA) is 68.1 Å². The number of benzene rings is 1. The third kappa shape index (κ3) is 1.70. The van der Waals surface area contributed by atoms with Crippen molar-refractivity contribution in [1.82, 2.24) is 15.0 Å². The van der Waals surface area contributed by atoms with Crippen molar-refractivity contribution in [1.29, 1.82) is 0 Å². The molecule has 0 saturated heterocycles. The fraction of sp³-hybridized carbons (Fsp3) is 0.167. The summed E-state index contributed by atoms with van der Waals surface area (Å²) in [5, 5.41) is 7.50. The average molecular weight is 260 g/mol. The number of Topliss-reactive ketones (excluding diaryl/α,β-unsaturated/α-hetero) is 1. The lowest BCUT2D eigenvalue weighted by Crippen LogP contribution is -2.25. The van der Waals surface area contributed by atoms with Gasteiger partial charge in [0.05, 0.1) is 24.0 Å². The lowest BCUT2D eigenvalue weighted by atomic mass is 10.1. The number of halogens is 1. The third-order valence-corrected chi connectivity index (χ3v) is 2.86. The molecule has 1 amide bonds. The summed E-state index contributed by atoms with van der Waals surface area (Å²) in [6.07, 6.45) is 1.44. The van der Waals surface area contributed by atoms with E-state index in [1.165, 1.54) is 15.8 Å². The lowest BCUT2D eigenvalue weighted by molar-refractivity contribution is -0.113. The monoisotopic (exact) mass is 260 g/mol. The number of para-hydroxylation sites is 1. The number of aryl methyl sites for hydroxylation is 1. The normalized spacial score (nSPS) is 14.1. The summed E-state index contributed by atoms with van der Waals surface area (Å²) in [4.78, 5) is 25.0. The molecule has 0 bridgehead atoms. The van der Waals surface area contributed by atoms with Crippen LogP contribution in [0.5, 0.6) is 0 Å². The lowest BCUT2D eigenvalue weighted by Gasteiger charge is -2.11. The van der Waals surface area contributed by atoms with Gasteiger partial charge in [-0.1, -0.05) is 17.3 Å². The van der Waals surface area contributed by atoms with E-state index in [1.807, 2.05) is 0 Å². The number of ketones is 1. The van der Waals surface area contributed by atoms with Gasteiger partial charge < -0.3 is 0 Å². The molecule has 1 aromatic carbocycles. The van der Waals surface area contributed by atoms with Crippen LogP contribution in [0.25, 0.3) is 0 Å². The highest BCUT2D eigenvalue weighted by Crippen LogP contribution is 2.33. The molecule has 19 heavy (non-hydrogen) atoms. The van der Waals surface area contributed by atoms with E-state index in [9.17, 15) is 14.0 Å². The van der Waals surface area contributed by atoms with Crippen molar-refractivity contribution in [3.05, 3.63) is 36.0 Å². The van der Waals surface area contributed by atoms with E-state index in [-0.39, 0.29) is 12.4 Å². The van der Waals surface area contributed by atoms with Crippen LogP contribution in [0.15, 0.2) is 30.5 Å². The van der Waals surface area contributed by atoms with Gasteiger partial charge in [0.25, 0.3) is 5.78 Å². The van der Waals surface area contributed by atoms with Gasteiger partial charge in [0.2, 0.25) is 0 Å². The quantitative estimate of drug-likeness (QED) is 0.775. The zero-order chi connectivity index (χ0) is 13.4. The second-order valence-electron chi connectivity index (χ2n) is 4.02. The van der Waals surface area contributed by atoms with E-state index in [2.05, 4.69) is 10.3 Å². The van der Waals surface area contributed by atoms with Crippen LogP contribution in [0, 0.1) is 0 Å². The zero-order valence-electron chi connectivity index (χ0n) is 9.78. The Morgan fingerprint density at radius 1 is 1.21 bits per heavy atom. The predicted octanol–water partition coefficient (Wildman–Crippen LogP) is 1.11. The molecule has 1 aliphatic heterocycles. The van der Waals surface area contributed by atoms with Gasteiger partial charge in [-0.15, -0.1) is 5.10 Å². The van der Waals surface area contributed by atoms with Gasteiger partial charge in [0.15, 0.2) is 5.82 Å². The first-order valence-corrected chi connectivity index (χ1v) is 5.66. The van der Waals surface area contributed by atoms with Crippen molar-refractivity contribution in [2.75, 3.05) is 11.6 Å². The van der Waals surface area contributed by atoms with Crippen LogP contribution < -0.4 is 4.90 Å². The van der Waals surface area contributed by atoms with Crippen molar-refractivity contribution >= 4 is 23.2 Å². The van der Waals surface area contributed by atoms with Crippen LogP contribution in [0.2, 0.25) is 0 Å². The Labute approximate surface area is 107 Å². The number of hydrogen-bond acceptors (Lipinski definition) is 4. The van der Waals surface area contributed by atoms with Gasteiger partial charge in [-0.3, -0.25) is 14.5 Å². The van der Waals surface area contributed by atoms with Crippen molar-refractivity contribution in [2.45, 2.75) is 6.54 Å². The molecule has 0 aliphatic carbocycles. The van der Waals surface area contributed by atoms with E-state index in [1.54, 1.807) is 24.3 Å². The Morgan fingerprint density at radius 3 is 2.79 bits per heavy atom. The molecule has 6 nitrogen and oxygen atoms in total. The molecule has 96 valence electrons. The maximum absolute atomic E-state index is 12.2. The van der Waals surface area contributed by atoms with Crippen LogP contribution in [0.1, 0.15) is 10.4 Å². The van der Waals surface area contributed by atoms with Crippen molar-refractivity contribution < 1.29 is 14.0 Å². The summed E-state index contributed by atoms with van der Waals surface area (Å²) in [6, 6.07) is 6.66. The van der Waals surface area contributed by atoms with Crippen molar-refractivity contribution in [3.63, 3.8) is 0 Å². The van der Waals surface area contributed by atoms with Crippen LogP contribution in [-0.2, 0) is 11.3 Å². The standard InChI is InChI=1S/C12H9FN4O2/c13-5-6-16-7-10(14-15-16)17-9-4-2-1-3-8(9)11(18)12(17)19/h1-4,7H,5-6H2. The molecule has 0 N–H and O–H groups in total. The Morgan fingerprint density at radius 2 is 2.00 bits per heavy atom. The number of fused-ring (bicyclic) bond motifs is 1. The second kappa shape index (κ2) is 4.27. The first kappa shape index (κ1) is 11.5. The molecule has 3 rings (SSSR count). The van der Waals surface area contributed by atoms with Crippen LogP contribution in [0.4, 0.5) is 15.9 Å². The molecule has 0 radical (unpaired) electrons.